The fraction of sp³-hybridized carbons (Fsp3) is 0.550. The van der Waals surface area contributed by atoms with Gasteiger partial charge in [-0.15, -0.1) is 13.2 Å². The van der Waals surface area contributed by atoms with Gasteiger partial charge in [-0.05, 0) is 32.4 Å². The number of rotatable bonds is 13. The molecule has 0 spiro atoms. The summed E-state index contributed by atoms with van der Waals surface area (Å²) >= 11 is 0. The normalized spacial score (nSPS) is 9.00. The summed E-state index contributed by atoms with van der Waals surface area (Å²) in [5.74, 6) is 0.908. The van der Waals surface area contributed by atoms with Crippen molar-refractivity contribution in [2.24, 2.45) is 0 Å². The van der Waals surface area contributed by atoms with Gasteiger partial charge >= 0.3 is 0 Å². The second kappa shape index (κ2) is 25.2. The van der Waals surface area contributed by atoms with E-state index in [-0.39, 0.29) is 0 Å². The molecule has 3 nitrogen and oxygen atoms in total. The summed E-state index contributed by atoms with van der Waals surface area (Å²) in [6.45, 7) is 20.4. The van der Waals surface area contributed by atoms with Crippen molar-refractivity contribution < 1.29 is 9.53 Å². The van der Waals surface area contributed by atoms with Crippen LogP contribution in [0, 0.1) is 0 Å². The van der Waals surface area contributed by atoms with Crippen molar-refractivity contribution in [2.75, 3.05) is 13.2 Å². The third-order valence-corrected chi connectivity index (χ3v) is 2.65. The summed E-state index contributed by atoms with van der Waals surface area (Å²) in [6, 6.07) is 0. The van der Waals surface area contributed by atoms with Crippen molar-refractivity contribution in [3.05, 3.63) is 50.4 Å². The molecular formula is C20H37NO2. The van der Waals surface area contributed by atoms with Gasteiger partial charge in [-0.25, -0.2) is 0 Å². The zero-order valence-corrected chi connectivity index (χ0v) is 15.5. The zero-order valence-electron chi connectivity index (χ0n) is 15.5. The van der Waals surface area contributed by atoms with Gasteiger partial charge in [-0.2, -0.15) is 0 Å². The quantitative estimate of drug-likeness (QED) is 0.208. The number of Topliss-reactive ketones (excluding diaryl/α,β-unsaturated/α-hetero) is 1. The summed E-state index contributed by atoms with van der Waals surface area (Å²) < 4.78 is 5.34. The minimum absolute atomic E-state index is 0.292. The molecule has 0 aromatic rings. The Bertz CT molecular complexity index is 309. The molecule has 0 aliphatic carbocycles. The lowest BCUT2D eigenvalue weighted by Crippen LogP contribution is -2.16. The minimum atomic E-state index is 0.292. The monoisotopic (exact) mass is 323 g/mol. The average Bonchev–Trinajstić information content (AvgIpc) is 2.57. The molecule has 0 rings (SSSR count). The Morgan fingerprint density at radius 3 is 2.22 bits per heavy atom. The first-order valence-corrected chi connectivity index (χ1v) is 8.49. The lowest BCUT2D eigenvalue weighted by molar-refractivity contribution is -0.117. The molecule has 0 saturated carbocycles. The lowest BCUT2D eigenvalue weighted by atomic mass is 10.1. The molecule has 0 unspecified atom stereocenters. The van der Waals surface area contributed by atoms with E-state index in [0.717, 1.165) is 32.2 Å². The molecule has 0 aromatic carbocycles. The van der Waals surface area contributed by atoms with Crippen molar-refractivity contribution in [3.63, 3.8) is 0 Å². The molecule has 0 radical (unpaired) electrons. The van der Waals surface area contributed by atoms with Crippen LogP contribution in [0.25, 0.3) is 0 Å². The molecule has 0 amide bonds. The fourth-order valence-corrected chi connectivity index (χ4v) is 1.61. The van der Waals surface area contributed by atoms with E-state index in [4.69, 9.17) is 4.74 Å². The number of ketones is 1. The highest BCUT2D eigenvalue weighted by Crippen LogP contribution is 2.05. The molecule has 0 aliphatic heterocycles. The largest absolute Gasteiger partial charge is 0.476 e. The Balaban J connectivity index is -0.000000919. The van der Waals surface area contributed by atoms with Crippen LogP contribution >= 0.6 is 0 Å². The number of hydrogen-bond acceptors (Lipinski definition) is 3. The number of carbonyl (C=O) groups excluding carboxylic acids is 1. The van der Waals surface area contributed by atoms with Gasteiger partial charge in [0.25, 0.3) is 0 Å². The Labute approximate surface area is 144 Å². The topological polar surface area (TPSA) is 38.3 Å². The number of hydrogen-bond donors (Lipinski definition) is 1. The maximum atomic E-state index is 10.7. The van der Waals surface area contributed by atoms with Crippen molar-refractivity contribution in [2.45, 2.75) is 59.3 Å². The summed E-state index contributed by atoms with van der Waals surface area (Å²) in [5.41, 5.74) is 0. The second-order valence-corrected chi connectivity index (χ2v) is 4.54. The van der Waals surface area contributed by atoms with Crippen molar-refractivity contribution in [3.8, 4) is 0 Å². The summed E-state index contributed by atoms with van der Waals surface area (Å²) in [7, 11) is 0. The lowest BCUT2D eigenvalue weighted by Gasteiger charge is -2.09. The Kier molecular flexibility index (Phi) is 28.6. The minimum Gasteiger partial charge on any atom is -0.476 e. The highest BCUT2D eigenvalue weighted by atomic mass is 16.5. The molecule has 0 fully saturated rings. The standard InChI is InChI=1S/C16H27NO2.C2H6.C2H4/c1-4-5-11-14-19-16(3)17-13-10-8-6-7-9-12-15(2)18;2*1-2/h4-5,11,17H,1,3,6-10,12-14H2,2H3;1-2H3;1-2H2/b11-5+;;. The number of ether oxygens (including phenoxy) is 1. The first-order valence-electron chi connectivity index (χ1n) is 8.49. The molecule has 0 aliphatic rings. The molecule has 134 valence electrons. The summed E-state index contributed by atoms with van der Waals surface area (Å²) in [5, 5.41) is 3.14. The van der Waals surface area contributed by atoms with Crippen LogP contribution in [0.4, 0.5) is 0 Å². The van der Waals surface area contributed by atoms with Crippen molar-refractivity contribution >= 4 is 5.78 Å². The zero-order chi connectivity index (χ0) is 18.3. The maximum Gasteiger partial charge on any atom is 0.179 e. The van der Waals surface area contributed by atoms with Gasteiger partial charge in [0.2, 0.25) is 0 Å². The van der Waals surface area contributed by atoms with Crippen LogP contribution in [0.3, 0.4) is 0 Å². The first kappa shape index (κ1) is 26.1. The first-order chi connectivity index (χ1) is 11.2. The number of carbonyl (C=O) groups is 1. The number of nitrogens with one attached hydrogen (secondary N) is 1. The molecule has 0 heterocycles. The van der Waals surface area contributed by atoms with E-state index < -0.39 is 0 Å². The predicted molar refractivity (Wildman–Crippen MR) is 103 cm³/mol. The van der Waals surface area contributed by atoms with E-state index in [9.17, 15) is 4.79 Å². The van der Waals surface area contributed by atoms with Crippen LogP contribution < -0.4 is 5.32 Å². The number of unbranched alkanes of at least 4 members (excludes halogenated alkanes) is 4. The Morgan fingerprint density at radius 1 is 1.09 bits per heavy atom. The second-order valence-electron chi connectivity index (χ2n) is 4.54. The molecule has 0 aromatic heterocycles. The third kappa shape index (κ3) is 29.0. The highest BCUT2D eigenvalue weighted by molar-refractivity contribution is 5.75. The van der Waals surface area contributed by atoms with E-state index in [2.05, 4.69) is 31.6 Å². The van der Waals surface area contributed by atoms with Gasteiger partial charge in [-0.1, -0.05) is 51.8 Å². The van der Waals surface area contributed by atoms with Crippen molar-refractivity contribution in [1.29, 1.82) is 0 Å². The van der Waals surface area contributed by atoms with Crippen molar-refractivity contribution in [1.82, 2.24) is 5.32 Å². The smallest absolute Gasteiger partial charge is 0.179 e. The van der Waals surface area contributed by atoms with E-state index in [0.29, 0.717) is 18.3 Å². The van der Waals surface area contributed by atoms with Gasteiger partial charge in [0, 0.05) is 13.0 Å². The number of allylic oxidation sites excluding steroid dienone is 2. The van der Waals surface area contributed by atoms with E-state index in [1.54, 1.807) is 13.0 Å². The van der Waals surface area contributed by atoms with E-state index in [1.165, 1.54) is 12.8 Å². The van der Waals surface area contributed by atoms with E-state index in [1.807, 2.05) is 26.0 Å². The molecule has 3 heteroatoms. The molecule has 23 heavy (non-hydrogen) atoms. The van der Waals surface area contributed by atoms with Gasteiger partial charge in [0.05, 0.1) is 0 Å². The molecule has 0 atom stereocenters. The summed E-state index contributed by atoms with van der Waals surface area (Å²) in [6.07, 6.45) is 11.8. The van der Waals surface area contributed by atoms with Gasteiger partial charge in [-0.3, -0.25) is 0 Å². The summed E-state index contributed by atoms with van der Waals surface area (Å²) in [4.78, 5) is 10.7. The van der Waals surface area contributed by atoms with Crippen LogP contribution in [-0.2, 0) is 9.53 Å². The van der Waals surface area contributed by atoms with E-state index >= 15 is 0 Å². The van der Waals surface area contributed by atoms with Crippen LogP contribution in [0.2, 0.25) is 0 Å². The Morgan fingerprint density at radius 2 is 1.65 bits per heavy atom. The average molecular weight is 324 g/mol. The Hall–Kier alpha value is -1.77. The van der Waals surface area contributed by atoms with Gasteiger partial charge in [0.1, 0.15) is 12.4 Å². The highest BCUT2D eigenvalue weighted by Gasteiger charge is 1.95. The maximum absolute atomic E-state index is 10.7. The molecule has 0 bridgehead atoms. The SMILES string of the molecule is C=C.C=C/C=C/COC(=C)NCCCCCCCC(C)=O.CC. The van der Waals surface area contributed by atoms with Crippen LogP contribution in [-0.4, -0.2) is 18.9 Å². The van der Waals surface area contributed by atoms with Gasteiger partial charge in [0.15, 0.2) is 5.88 Å². The van der Waals surface area contributed by atoms with Crippen LogP contribution in [0.1, 0.15) is 59.3 Å². The molecule has 0 saturated heterocycles. The molecular weight excluding hydrogens is 286 g/mol. The fourth-order valence-electron chi connectivity index (χ4n) is 1.61. The molecule has 1 N–H and O–H groups in total. The predicted octanol–water partition coefficient (Wildman–Crippen LogP) is 5.56. The van der Waals surface area contributed by atoms with Gasteiger partial charge < -0.3 is 14.8 Å². The third-order valence-electron chi connectivity index (χ3n) is 2.65. The van der Waals surface area contributed by atoms with Crippen LogP contribution in [0.5, 0.6) is 0 Å². The van der Waals surface area contributed by atoms with Crippen LogP contribution in [0.15, 0.2) is 50.4 Å².